The van der Waals surface area contributed by atoms with Crippen molar-refractivity contribution in [3.05, 3.63) is 65.9 Å². The van der Waals surface area contributed by atoms with Crippen LogP contribution in [0.15, 0.2) is 54.7 Å². The van der Waals surface area contributed by atoms with E-state index in [-0.39, 0.29) is 11.8 Å². The summed E-state index contributed by atoms with van der Waals surface area (Å²) in [6.07, 6.45) is 1.64. The van der Waals surface area contributed by atoms with Gasteiger partial charge in [0, 0.05) is 17.3 Å². The first-order valence-electron chi connectivity index (χ1n) is 6.79. The number of fused-ring (bicyclic) bond motifs is 2. The van der Waals surface area contributed by atoms with Crippen molar-refractivity contribution in [2.75, 3.05) is 10.6 Å². The number of carbonyl (C=O) groups is 2. The summed E-state index contributed by atoms with van der Waals surface area (Å²) in [6, 6.07) is 13.9. The summed E-state index contributed by atoms with van der Waals surface area (Å²) in [4.78, 5) is 30.7. The Labute approximate surface area is 126 Å². The predicted octanol–water partition coefficient (Wildman–Crippen LogP) is 2.62. The van der Waals surface area contributed by atoms with Gasteiger partial charge in [-0.3, -0.25) is 14.6 Å². The minimum atomic E-state index is -0.370. The largest absolute Gasteiger partial charge is 0.399 e. The zero-order valence-electron chi connectivity index (χ0n) is 11.5. The van der Waals surface area contributed by atoms with Crippen molar-refractivity contribution in [2.45, 2.75) is 0 Å². The Hall–Kier alpha value is -3.21. The molecule has 0 unspecified atom stereocenters. The summed E-state index contributed by atoms with van der Waals surface area (Å²) in [6.45, 7) is 0. The Kier molecular flexibility index (Phi) is 2.50. The lowest BCUT2D eigenvalue weighted by atomic mass is 10.1. The molecule has 0 aliphatic carbocycles. The number of imide groups is 1. The zero-order valence-corrected chi connectivity index (χ0v) is 11.5. The van der Waals surface area contributed by atoms with E-state index in [1.807, 2.05) is 18.2 Å². The molecular weight excluding hydrogens is 278 g/mol. The first kappa shape index (κ1) is 12.5. The van der Waals surface area contributed by atoms with E-state index in [1.54, 1.807) is 30.5 Å². The van der Waals surface area contributed by atoms with Gasteiger partial charge in [-0.25, -0.2) is 4.90 Å². The van der Waals surface area contributed by atoms with Crippen LogP contribution in [0.2, 0.25) is 0 Å². The molecule has 5 nitrogen and oxygen atoms in total. The van der Waals surface area contributed by atoms with Crippen LogP contribution >= 0.6 is 0 Å². The molecule has 5 heteroatoms. The Morgan fingerprint density at radius 1 is 0.909 bits per heavy atom. The molecule has 2 amide bonds. The van der Waals surface area contributed by atoms with Gasteiger partial charge in [-0.05, 0) is 30.3 Å². The number of para-hydroxylation sites is 1. The molecule has 0 fully saturated rings. The van der Waals surface area contributed by atoms with Crippen LogP contribution in [-0.2, 0) is 0 Å². The number of anilines is 2. The van der Waals surface area contributed by atoms with E-state index in [0.29, 0.717) is 28.0 Å². The summed E-state index contributed by atoms with van der Waals surface area (Å²) < 4.78 is 0. The van der Waals surface area contributed by atoms with Crippen LogP contribution in [0.4, 0.5) is 11.4 Å². The summed E-state index contributed by atoms with van der Waals surface area (Å²) in [7, 11) is 0. The summed E-state index contributed by atoms with van der Waals surface area (Å²) in [5, 5.41) is 0.871. The summed E-state index contributed by atoms with van der Waals surface area (Å²) >= 11 is 0. The van der Waals surface area contributed by atoms with Crippen molar-refractivity contribution in [2.24, 2.45) is 0 Å². The van der Waals surface area contributed by atoms with Crippen molar-refractivity contribution in [3.63, 3.8) is 0 Å². The monoisotopic (exact) mass is 289 g/mol. The maximum atomic E-state index is 12.6. The first-order chi connectivity index (χ1) is 10.7. The number of rotatable bonds is 1. The van der Waals surface area contributed by atoms with Gasteiger partial charge < -0.3 is 5.73 Å². The van der Waals surface area contributed by atoms with Gasteiger partial charge in [0.05, 0.1) is 22.3 Å². The maximum absolute atomic E-state index is 12.6. The highest BCUT2D eigenvalue weighted by Gasteiger charge is 2.37. The van der Waals surface area contributed by atoms with Crippen LogP contribution < -0.4 is 10.6 Å². The minimum Gasteiger partial charge on any atom is -0.399 e. The van der Waals surface area contributed by atoms with Crippen molar-refractivity contribution in [1.82, 2.24) is 4.98 Å². The molecule has 106 valence electrons. The lowest BCUT2D eigenvalue weighted by Gasteiger charge is -2.15. The molecule has 0 saturated heterocycles. The summed E-state index contributed by atoms with van der Waals surface area (Å²) in [5.41, 5.74) is 7.98. The molecule has 4 rings (SSSR count). The molecule has 2 aromatic carbocycles. The minimum absolute atomic E-state index is 0.331. The van der Waals surface area contributed by atoms with Crippen LogP contribution in [0, 0.1) is 0 Å². The molecule has 2 N–H and O–H groups in total. The summed E-state index contributed by atoms with van der Waals surface area (Å²) in [5.74, 6) is -0.719. The quantitative estimate of drug-likeness (QED) is 0.552. The molecule has 0 saturated carbocycles. The number of amides is 2. The van der Waals surface area contributed by atoms with Crippen LogP contribution in [0.25, 0.3) is 10.9 Å². The third-order valence-corrected chi connectivity index (χ3v) is 3.76. The third-order valence-electron chi connectivity index (χ3n) is 3.76. The highest BCUT2D eigenvalue weighted by molar-refractivity contribution is 6.36. The molecule has 0 bridgehead atoms. The van der Waals surface area contributed by atoms with Gasteiger partial charge in [-0.15, -0.1) is 0 Å². The fourth-order valence-corrected chi connectivity index (χ4v) is 2.75. The van der Waals surface area contributed by atoms with Crippen LogP contribution in [0.3, 0.4) is 0 Å². The molecular formula is C17H11N3O2. The van der Waals surface area contributed by atoms with E-state index < -0.39 is 0 Å². The number of nitrogen functional groups attached to an aromatic ring is 1. The lowest BCUT2D eigenvalue weighted by molar-refractivity contribution is 0.0926. The standard InChI is InChI=1S/C17H11N3O2/c18-11-6-7-12-13(9-11)17(22)20(16(12)21)14-5-1-3-10-4-2-8-19-15(10)14/h1-9H,18H2. The van der Waals surface area contributed by atoms with Crippen molar-refractivity contribution in [3.8, 4) is 0 Å². The van der Waals surface area contributed by atoms with Crippen LogP contribution in [0.5, 0.6) is 0 Å². The van der Waals surface area contributed by atoms with Crippen molar-refractivity contribution in [1.29, 1.82) is 0 Å². The number of pyridine rings is 1. The van der Waals surface area contributed by atoms with E-state index >= 15 is 0 Å². The van der Waals surface area contributed by atoms with Crippen LogP contribution in [0.1, 0.15) is 20.7 Å². The van der Waals surface area contributed by atoms with Gasteiger partial charge in [0.2, 0.25) is 0 Å². The average molecular weight is 289 g/mol. The number of aromatic nitrogens is 1. The molecule has 1 aliphatic heterocycles. The number of hydrogen-bond donors (Lipinski definition) is 1. The third kappa shape index (κ3) is 1.62. The fraction of sp³-hybridized carbons (Fsp3) is 0. The first-order valence-corrected chi connectivity index (χ1v) is 6.79. The molecule has 2 heterocycles. The van der Waals surface area contributed by atoms with Crippen LogP contribution in [-0.4, -0.2) is 16.8 Å². The van der Waals surface area contributed by atoms with Gasteiger partial charge in [0.15, 0.2) is 0 Å². The van der Waals surface area contributed by atoms with E-state index in [4.69, 9.17) is 5.73 Å². The second-order valence-corrected chi connectivity index (χ2v) is 5.10. The number of nitrogens with two attached hydrogens (primary N) is 1. The topological polar surface area (TPSA) is 76.3 Å². The molecule has 0 atom stereocenters. The fourth-order valence-electron chi connectivity index (χ4n) is 2.75. The average Bonchev–Trinajstić information content (AvgIpc) is 2.78. The highest BCUT2D eigenvalue weighted by atomic mass is 16.2. The lowest BCUT2D eigenvalue weighted by Crippen LogP contribution is -2.29. The molecule has 22 heavy (non-hydrogen) atoms. The highest BCUT2D eigenvalue weighted by Crippen LogP contribution is 2.33. The zero-order chi connectivity index (χ0) is 15.3. The van der Waals surface area contributed by atoms with Gasteiger partial charge in [0.1, 0.15) is 0 Å². The smallest absolute Gasteiger partial charge is 0.266 e. The predicted molar refractivity (Wildman–Crippen MR) is 83.7 cm³/mol. The van der Waals surface area contributed by atoms with Gasteiger partial charge in [0.25, 0.3) is 11.8 Å². The SMILES string of the molecule is Nc1ccc2c(c1)C(=O)N(c1cccc3cccnc13)C2=O. The Morgan fingerprint density at radius 2 is 1.68 bits per heavy atom. The second kappa shape index (κ2) is 4.39. The number of carbonyl (C=O) groups excluding carboxylic acids is 2. The molecule has 0 radical (unpaired) electrons. The van der Waals surface area contributed by atoms with Gasteiger partial charge >= 0.3 is 0 Å². The van der Waals surface area contributed by atoms with Crippen molar-refractivity contribution >= 4 is 34.1 Å². The van der Waals surface area contributed by atoms with Gasteiger partial charge in [-0.1, -0.05) is 18.2 Å². The van der Waals surface area contributed by atoms with Crippen molar-refractivity contribution < 1.29 is 9.59 Å². The normalized spacial score (nSPS) is 13.7. The molecule has 1 aromatic heterocycles. The Morgan fingerprint density at radius 3 is 2.55 bits per heavy atom. The Bertz CT molecular complexity index is 944. The van der Waals surface area contributed by atoms with E-state index in [0.717, 1.165) is 5.39 Å². The number of hydrogen-bond acceptors (Lipinski definition) is 4. The molecule has 1 aliphatic rings. The number of benzene rings is 2. The second-order valence-electron chi connectivity index (χ2n) is 5.10. The van der Waals surface area contributed by atoms with E-state index in [9.17, 15) is 9.59 Å². The van der Waals surface area contributed by atoms with E-state index in [2.05, 4.69) is 4.98 Å². The molecule has 3 aromatic rings. The van der Waals surface area contributed by atoms with E-state index in [1.165, 1.54) is 11.0 Å². The molecule has 0 spiro atoms. The Balaban J connectivity index is 1.94. The maximum Gasteiger partial charge on any atom is 0.266 e. The number of nitrogens with zero attached hydrogens (tertiary/aromatic N) is 2. The van der Waals surface area contributed by atoms with Gasteiger partial charge in [-0.2, -0.15) is 0 Å².